The fourth-order valence-corrected chi connectivity index (χ4v) is 2.07. The summed E-state index contributed by atoms with van der Waals surface area (Å²) in [6.07, 6.45) is -0.0686. The largest absolute Gasteiger partial charge is 0.380 e. The van der Waals surface area contributed by atoms with Gasteiger partial charge >= 0.3 is 0 Å². The topological polar surface area (TPSA) is 21.3 Å². The molecule has 0 radical (unpaired) electrons. The molecule has 0 fully saturated rings. The molecule has 1 rings (SSSR count). The normalized spacial score (nSPS) is 14.9. The molecular formula is C13H20FNO. The molecule has 2 nitrogen and oxygen atoms in total. The van der Waals surface area contributed by atoms with Crippen molar-refractivity contribution < 1.29 is 9.13 Å². The van der Waals surface area contributed by atoms with Crippen LogP contribution in [0.1, 0.15) is 29.7 Å². The van der Waals surface area contributed by atoms with Gasteiger partial charge in [-0.1, -0.05) is 6.07 Å². The van der Waals surface area contributed by atoms with Crippen molar-refractivity contribution in [3.05, 3.63) is 34.6 Å². The lowest BCUT2D eigenvalue weighted by Gasteiger charge is -2.25. The maximum Gasteiger partial charge on any atom is 0.128 e. The molecule has 0 saturated carbocycles. The van der Waals surface area contributed by atoms with E-state index < -0.39 is 0 Å². The number of benzene rings is 1. The fourth-order valence-electron chi connectivity index (χ4n) is 2.07. The van der Waals surface area contributed by atoms with Gasteiger partial charge in [0.2, 0.25) is 0 Å². The summed E-state index contributed by atoms with van der Waals surface area (Å²) in [6.45, 7) is 5.76. The molecule has 0 aromatic heterocycles. The number of halogens is 1. The molecule has 0 bridgehead atoms. The van der Waals surface area contributed by atoms with Crippen molar-refractivity contribution in [3.8, 4) is 0 Å². The third kappa shape index (κ3) is 2.60. The molecule has 90 valence electrons. The van der Waals surface area contributed by atoms with Gasteiger partial charge in [-0.2, -0.15) is 0 Å². The molecule has 16 heavy (non-hydrogen) atoms. The second kappa shape index (κ2) is 5.41. The first kappa shape index (κ1) is 13.1. The Balaban J connectivity index is 3.19. The maximum absolute atomic E-state index is 13.9. The zero-order valence-corrected chi connectivity index (χ0v) is 10.6. The molecule has 2 atom stereocenters. The molecular weight excluding hydrogens is 205 g/mol. The van der Waals surface area contributed by atoms with Gasteiger partial charge in [-0.05, 0) is 45.0 Å². The molecule has 0 spiro atoms. The van der Waals surface area contributed by atoms with Crippen molar-refractivity contribution in [2.45, 2.75) is 32.9 Å². The molecule has 0 aliphatic carbocycles. The molecule has 0 amide bonds. The van der Waals surface area contributed by atoms with E-state index in [0.29, 0.717) is 5.56 Å². The predicted molar refractivity (Wildman–Crippen MR) is 64.1 cm³/mol. The number of rotatable bonds is 4. The van der Waals surface area contributed by atoms with E-state index in [0.717, 1.165) is 11.1 Å². The SMILES string of the molecule is CNC(c1c(C)cc(C)cc1F)C(C)OC. The van der Waals surface area contributed by atoms with Gasteiger partial charge in [-0.15, -0.1) is 0 Å². The third-order valence-electron chi connectivity index (χ3n) is 2.94. The highest BCUT2D eigenvalue weighted by Gasteiger charge is 2.22. The zero-order chi connectivity index (χ0) is 12.3. The summed E-state index contributed by atoms with van der Waals surface area (Å²) < 4.78 is 19.2. The molecule has 0 aliphatic rings. The molecule has 0 saturated heterocycles. The lowest BCUT2D eigenvalue weighted by atomic mass is 9.95. The van der Waals surface area contributed by atoms with Crippen LogP contribution in [0.3, 0.4) is 0 Å². The van der Waals surface area contributed by atoms with Crippen LogP contribution in [0.4, 0.5) is 4.39 Å². The minimum Gasteiger partial charge on any atom is -0.380 e. The summed E-state index contributed by atoms with van der Waals surface area (Å²) in [5.41, 5.74) is 2.60. The zero-order valence-electron chi connectivity index (χ0n) is 10.6. The quantitative estimate of drug-likeness (QED) is 0.850. The maximum atomic E-state index is 13.9. The second-order valence-corrected chi connectivity index (χ2v) is 4.18. The Kier molecular flexibility index (Phi) is 4.44. The summed E-state index contributed by atoms with van der Waals surface area (Å²) in [4.78, 5) is 0. The van der Waals surface area contributed by atoms with Gasteiger partial charge in [0.25, 0.3) is 0 Å². The van der Waals surface area contributed by atoms with Gasteiger partial charge in [0.05, 0.1) is 12.1 Å². The molecule has 0 heterocycles. The van der Waals surface area contributed by atoms with Crippen LogP contribution < -0.4 is 5.32 Å². The van der Waals surface area contributed by atoms with Crippen molar-refractivity contribution in [3.63, 3.8) is 0 Å². The number of aryl methyl sites for hydroxylation is 2. The second-order valence-electron chi connectivity index (χ2n) is 4.18. The standard InChI is InChI=1S/C13H20FNO/c1-8-6-9(2)12(11(14)7-8)13(15-4)10(3)16-5/h6-7,10,13,15H,1-5H3. The first-order valence-corrected chi connectivity index (χ1v) is 5.48. The molecule has 2 unspecified atom stereocenters. The number of likely N-dealkylation sites (N-methyl/N-ethyl adjacent to an activating group) is 1. The van der Waals surface area contributed by atoms with Crippen molar-refractivity contribution in [2.75, 3.05) is 14.2 Å². The van der Waals surface area contributed by atoms with E-state index in [1.165, 1.54) is 0 Å². The number of hydrogen-bond donors (Lipinski definition) is 1. The van der Waals surface area contributed by atoms with E-state index >= 15 is 0 Å². The minimum atomic E-state index is -0.166. The predicted octanol–water partition coefficient (Wildman–Crippen LogP) is 2.74. The Morgan fingerprint density at radius 2 is 1.94 bits per heavy atom. The summed E-state index contributed by atoms with van der Waals surface area (Å²) in [6, 6.07) is 3.44. The van der Waals surface area contributed by atoms with Gasteiger partial charge in [-0.25, -0.2) is 4.39 Å². The summed E-state index contributed by atoms with van der Waals surface area (Å²) in [5.74, 6) is -0.166. The van der Waals surface area contributed by atoms with E-state index in [-0.39, 0.29) is 18.0 Å². The average molecular weight is 225 g/mol. The highest BCUT2D eigenvalue weighted by atomic mass is 19.1. The van der Waals surface area contributed by atoms with Gasteiger partial charge in [-0.3, -0.25) is 0 Å². The van der Waals surface area contributed by atoms with Crippen molar-refractivity contribution >= 4 is 0 Å². The Labute approximate surface area is 96.8 Å². The summed E-state index contributed by atoms with van der Waals surface area (Å²) >= 11 is 0. The minimum absolute atomic E-state index is 0.0686. The molecule has 1 N–H and O–H groups in total. The number of hydrogen-bond acceptors (Lipinski definition) is 2. The van der Waals surface area contributed by atoms with Crippen LogP contribution in [-0.4, -0.2) is 20.3 Å². The smallest absolute Gasteiger partial charge is 0.128 e. The van der Waals surface area contributed by atoms with E-state index in [1.54, 1.807) is 13.2 Å². The Hall–Kier alpha value is -0.930. The van der Waals surface area contributed by atoms with Gasteiger partial charge < -0.3 is 10.1 Å². The van der Waals surface area contributed by atoms with E-state index in [1.807, 2.05) is 33.9 Å². The van der Waals surface area contributed by atoms with Crippen LogP contribution in [-0.2, 0) is 4.74 Å². The third-order valence-corrected chi connectivity index (χ3v) is 2.94. The lowest BCUT2D eigenvalue weighted by Crippen LogP contribution is -2.30. The highest BCUT2D eigenvalue weighted by Crippen LogP contribution is 2.26. The molecule has 1 aromatic rings. The van der Waals surface area contributed by atoms with Crippen molar-refractivity contribution in [2.24, 2.45) is 0 Å². The van der Waals surface area contributed by atoms with E-state index in [4.69, 9.17) is 4.74 Å². The average Bonchev–Trinajstić information content (AvgIpc) is 2.22. The van der Waals surface area contributed by atoms with Crippen LogP contribution in [0.2, 0.25) is 0 Å². The van der Waals surface area contributed by atoms with Crippen LogP contribution >= 0.6 is 0 Å². The Bertz CT molecular complexity index is 342. The summed E-state index contributed by atoms with van der Waals surface area (Å²) in [7, 11) is 3.45. The first-order valence-electron chi connectivity index (χ1n) is 5.48. The summed E-state index contributed by atoms with van der Waals surface area (Å²) in [5, 5.41) is 3.11. The molecule has 0 aliphatic heterocycles. The molecule has 3 heteroatoms. The fraction of sp³-hybridized carbons (Fsp3) is 0.538. The Morgan fingerprint density at radius 1 is 1.31 bits per heavy atom. The molecule has 1 aromatic carbocycles. The number of methoxy groups -OCH3 is 1. The van der Waals surface area contributed by atoms with Gasteiger partial charge in [0, 0.05) is 12.7 Å². The van der Waals surface area contributed by atoms with Crippen molar-refractivity contribution in [1.29, 1.82) is 0 Å². The Morgan fingerprint density at radius 3 is 2.38 bits per heavy atom. The van der Waals surface area contributed by atoms with Crippen molar-refractivity contribution in [1.82, 2.24) is 5.32 Å². The highest BCUT2D eigenvalue weighted by molar-refractivity contribution is 5.34. The van der Waals surface area contributed by atoms with Gasteiger partial charge in [0.1, 0.15) is 5.82 Å². The number of ether oxygens (including phenoxy) is 1. The van der Waals surface area contributed by atoms with Gasteiger partial charge in [0.15, 0.2) is 0 Å². The van der Waals surface area contributed by atoms with Crippen LogP contribution in [0.25, 0.3) is 0 Å². The van der Waals surface area contributed by atoms with E-state index in [9.17, 15) is 4.39 Å². The van der Waals surface area contributed by atoms with Crippen LogP contribution in [0, 0.1) is 19.7 Å². The monoisotopic (exact) mass is 225 g/mol. The van der Waals surface area contributed by atoms with E-state index in [2.05, 4.69) is 5.32 Å². The van der Waals surface area contributed by atoms with Crippen LogP contribution in [0.5, 0.6) is 0 Å². The van der Waals surface area contributed by atoms with Crippen LogP contribution in [0.15, 0.2) is 12.1 Å². The number of nitrogens with one attached hydrogen (secondary N) is 1. The lowest BCUT2D eigenvalue weighted by molar-refractivity contribution is 0.0842. The first-order chi connectivity index (χ1) is 7.51.